The van der Waals surface area contributed by atoms with Gasteiger partial charge in [0.25, 0.3) is 0 Å². The van der Waals surface area contributed by atoms with Crippen molar-refractivity contribution in [2.24, 2.45) is 5.92 Å². The smallest absolute Gasteiger partial charge is 0.225 e. The molecule has 0 spiro atoms. The SMILES string of the molecule is O=Cc1c(O)ccc2cc(N3CCC(C(=O)N4CCOCC4)CC3)ccc12. The molecule has 142 valence electrons. The van der Waals surface area contributed by atoms with E-state index in [0.29, 0.717) is 38.2 Å². The first kappa shape index (κ1) is 17.8. The van der Waals surface area contributed by atoms with Crippen molar-refractivity contribution in [2.45, 2.75) is 12.8 Å². The second kappa shape index (κ2) is 7.56. The highest BCUT2D eigenvalue weighted by atomic mass is 16.5. The number of nitrogens with zero attached hydrogens (tertiary/aromatic N) is 2. The summed E-state index contributed by atoms with van der Waals surface area (Å²) in [6.07, 6.45) is 2.40. The van der Waals surface area contributed by atoms with Crippen LogP contribution in [0.25, 0.3) is 10.8 Å². The number of carbonyl (C=O) groups is 2. The maximum absolute atomic E-state index is 12.7. The molecule has 4 rings (SSSR count). The number of anilines is 1. The van der Waals surface area contributed by atoms with Gasteiger partial charge in [0, 0.05) is 37.8 Å². The number of amides is 1. The zero-order valence-electron chi connectivity index (χ0n) is 15.3. The van der Waals surface area contributed by atoms with Crippen LogP contribution in [0.3, 0.4) is 0 Å². The van der Waals surface area contributed by atoms with E-state index in [0.717, 1.165) is 42.4 Å². The minimum Gasteiger partial charge on any atom is -0.507 e. The number of phenolic OH excluding ortho intramolecular Hbond substituents is 1. The number of benzene rings is 2. The Labute approximate surface area is 158 Å². The molecule has 1 amide bonds. The Kier molecular flexibility index (Phi) is 4.99. The molecular formula is C21H24N2O4. The zero-order chi connectivity index (χ0) is 18.8. The van der Waals surface area contributed by atoms with Gasteiger partial charge in [0.1, 0.15) is 5.75 Å². The van der Waals surface area contributed by atoms with E-state index >= 15 is 0 Å². The van der Waals surface area contributed by atoms with Gasteiger partial charge in [-0.2, -0.15) is 0 Å². The Hall–Kier alpha value is -2.60. The number of carbonyl (C=O) groups excluding carboxylic acids is 2. The first-order valence-electron chi connectivity index (χ1n) is 9.50. The number of phenols is 1. The molecule has 2 fully saturated rings. The fraction of sp³-hybridized carbons (Fsp3) is 0.429. The Morgan fingerprint density at radius 3 is 2.52 bits per heavy atom. The van der Waals surface area contributed by atoms with E-state index in [-0.39, 0.29) is 17.6 Å². The first-order valence-corrected chi connectivity index (χ1v) is 9.50. The molecule has 27 heavy (non-hydrogen) atoms. The van der Waals surface area contributed by atoms with Gasteiger partial charge in [-0.25, -0.2) is 0 Å². The van der Waals surface area contributed by atoms with Crippen LogP contribution >= 0.6 is 0 Å². The highest BCUT2D eigenvalue weighted by molar-refractivity contribution is 6.01. The van der Waals surface area contributed by atoms with E-state index in [4.69, 9.17) is 4.74 Å². The number of piperidine rings is 1. The molecular weight excluding hydrogens is 344 g/mol. The Morgan fingerprint density at radius 1 is 1.07 bits per heavy atom. The summed E-state index contributed by atoms with van der Waals surface area (Å²) in [7, 11) is 0. The Balaban J connectivity index is 1.45. The highest BCUT2D eigenvalue weighted by Crippen LogP contribution is 2.31. The van der Waals surface area contributed by atoms with Gasteiger partial charge in [0.2, 0.25) is 5.91 Å². The van der Waals surface area contributed by atoms with Crippen LogP contribution in [0.1, 0.15) is 23.2 Å². The van der Waals surface area contributed by atoms with Crippen LogP contribution in [0.5, 0.6) is 5.75 Å². The molecule has 0 bridgehead atoms. The zero-order valence-corrected chi connectivity index (χ0v) is 15.3. The van der Waals surface area contributed by atoms with E-state index in [1.165, 1.54) is 0 Å². The number of aldehydes is 1. The molecule has 2 aromatic carbocycles. The summed E-state index contributed by atoms with van der Waals surface area (Å²) in [6, 6.07) is 9.31. The summed E-state index contributed by atoms with van der Waals surface area (Å²) < 4.78 is 5.33. The molecule has 0 atom stereocenters. The van der Waals surface area contributed by atoms with Crippen molar-refractivity contribution in [3.8, 4) is 5.75 Å². The topological polar surface area (TPSA) is 70.1 Å². The standard InChI is InChI=1S/C21H24N2O4/c24-14-19-18-3-2-17(13-16(18)1-4-20(19)25)22-7-5-15(6-8-22)21(26)23-9-11-27-12-10-23/h1-4,13-15,25H,5-12H2. The average molecular weight is 368 g/mol. The maximum Gasteiger partial charge on any atom is 0.225 e. The molecule has 0 aliphatic carbocycles. The number of ether oxygens (including phenoxy) is 1. The van der Waals surface area contributed by atoms with Crippen LogP contribution in [-0.4, -0.2) is 61.6 Å². The molecule has 1 N–H and O–H groups in total. The van der Waals surface area contributed by atoms with E-state index in [2.05, 4.69) is 4.90 Å². The number of fused-ring (bicyclic) bond motifs is 1. The first-order chi connectivity index (χ1) is 13.2. The van der Waals surface area contributed by atoms with Crippen LogP contribution in [0.15, 0.2) is 30.3 Å². The number of rotatable bonds is 3. The summed E-state index contributed by atoms with van der Waals surface area (Å²) >= 11 is 0. The normalized spacial score (nSPS) is 18.7. The quantitative estimate of drug-likeness (QED) is 0.843. The molecule has 2 heterocycles. The molecule has 6 heteroatoms. The van der Waals surface area contributed by atoms with Gasteiger partial charge in [-0.1, -0.05) is 12.1 Å². The van der Waals surface area contributed by atoms with E-state index in [1.54, 1.807) is 6.07 Å². The van der Waals surface area contributed by atoms with Gasteiger partial charge >= 0.3 is 0 Å². The second-order valence-electron chi connectivity index (χ2n) is 7.22. The highest BCUT2D eigenvalue weighted by Gasteiger charge is 2.29. The molecule has 0 unspecified atom stereocenters. The van der Waals surface area contributed by atoms with E-state index < -0.39 is 0 Å². The Bertz CT molecular complexity index is 853. The number of aromatic hydroxyl groups is 1. The number of hydrogen-bond acceptors (Lipinski definition) is 5. The third-order valence-corrected chi connectivity index (χ3v) is 5.67. The van der Waals surface area contributed by atoms with Crippen molar-refractivity contribution >= 4 is 28.7 Å². The molecule has 6 nitrogen and oxygen atoms in total. The van der Waals surface area contributed by atoms with Crippen LogP contribution in [0, 0.1) is 5.92 Å². The summed E-state index contributed by atoms with van der Waals surface area (Å²) in [5.74, 6) is 0.369. The van der Waals surface area contributed by atoms with E-state index in [1.807, 2.05) is 29.2 Å². The van der Waals surface area contributed by atoms with E-state index in [9.17, 15) is 14.7 Å². The molecule has 2 aliphatic rings. The van der Waals surface area contributed by atoms with Crippen molar-refractivity contribution < 1.29 is 19.4 Å². The van der Waals surface area contributed by atoms with Crippen molar-refractivity contribution in [3.05, 3.63) is 35.9 Å². The lowest BCUT2D eigenvalue weighted by Crippen LogP contribution is -2.46. The summed E-state index contributed by atoms with van der Waals surface area (Å²) in [5.41, 5.74) is 1.41. The van der Waals surface area contributed by atoms with Crippen LogP contribution in [0.4, 0.5) is 5.69 Å². The van der Waals surface area contributed by atoms with Crippen LogP contribution in [0.2, 0.25) is 0 Å². The average Bonchev–Trinajstić information content (AvgIpc) is 2.73. The fourth-order valence-corrected chi connectivity index (χ4v) is 4.08. The third-order valence-electron chi connectivity index (χ3n) is 5.67. The number of hydrogen-bond donors (Lipinski definition) is 1. The van der Waals surface area contributed by atoms with Crippen LogP contribution in [-0.2, 0) is 9.53 Å². The molecule has 2 aromatic rings. The van der Waals surface area contributed by atoms with Crippen LogP contribution < -0.4 is 4.90 Å². The third kappa shape index (κ3) is 3.49. The Morgan fingerprint density at radius 2 is 1.81 bits per heavy atom. The summed E-state index contributed by atoms with van der Waals surface area (Å²) in [6.45, 7) is 4.36. The van der Waals surface area contributed by atoms with Crippen molar-refractivity contribution in [1.29, 1.82) is 0 Å². The molecule has 0 aromatic heterocycles. The largest absolute Gasteiger partial charge is 0.507 e. The van der Waals surface area contributed by atoms with Gasteiger partial charge in [-0.3, -0.25) is 9.59 Å². The van der Waals surface area contributed by atoms with Crippen molar-refractivity contribution in [3.63, 3.8) is 0 Å². The maximum atomic E-state index is 12.7. The fourth-order valence-electron chi connectivity index (χ4n) is 4.08. The van der Waals surface area contributed by atoms with Gasteiger partial charge in [-0.05, 0) is 41.8 Å². The number of morpholine rings is 1. The van der Waals surface area contributed by atoms with Gasteiger partial charge in [0.05, 0.1) is 18.8 Å². The van der Waals surface area contributed by atoms with Crippen molar-refractivity contribution in [1.82, 2.24) is 4.90 Å². The minimum atomic E-state index is 0.00712. The van der Waals surface area contributed by atoms with Gasteiger partial charge < -0.3 is 19.6 Å². The summed E-state index contributed by atoms with van der Waals surface area (Å²) in [5, 5.41) is 11.5. The predicted octanol–water partition coefficient (Wildman–Crippen LogP) is 2.43. The van der Waals surface area contributed by atoms with Gasteiger partial charge in [-0.15, -0.1) is 0 Å². The lowest BCUT2D eigenvalue weighted by atomic mass is 9.94. The second-order valence-corrected chi connectivity index (χ2v) is 7.22. The molecule has 2 aliphatic heterocycles. The monoisotopic (exact) mass is 368 g/mol. The lowest BCUT2D eigenvalue weighted by molar-refractivity contribution is -0.140. The molecule has 2 saturated heterocycles. The summed E-state index contributed by atoms with van der Waals surface area (Å²) in [4.78, 5) is 28.1. The lowest BCUT2D eigenvalue weighted by Gasteiger charge is -2.36. The van der Waals surface area contributed by atoms with Gasteiger partial charge in [0.15, 0.2) is 6.29 Å². The predicted molar refractivity (Wildman–Crippen MR) is 103 cm³/mol. The van der Waals surface area contributed by atoms with Crippen molar-refractivity contribution in [2.75, 3.05) is 44.3 Å². The minimum absolute atomic E-state index is 0.00712. The molecule has 0 saturated carbocycles. The molecule has 0 radical (unpaired) electrons.